The Hall–Kier alpha value is -1.58. The van der Waals surface area contributed by atoms with Gasteiger partial charge in [-0.15, -0.1) is 0 Å². The van der Waals surface area contributed by atoms with Gasteiger partial charge in [0.2, 0.25) is 0 Å². The number of pyridine rings is 1. The van der Waals surface area contributed by atoms with Crippen LogP contribution in [0, 0.1) is 0 Å². The molecule has 1 unspecified atom stereocenters. The number of nitrogens with zero attached hydrogens (tertiary/aromatic N) is 1. The van der Waals surface area contributed by atoms with E-state index in [0.29, 0.717) is 17.7 Å². The van der Waals surface area contributed by atoms with Crippen LogP contribution in [0.5, 0.6) is 5.75 Å². The van der Waals surface area contributed by atoms with Gasteiger partial charge in [-0.3, -0.25) is 4.98 Å². The summed E-state index contributed by atoms with van der Waals surface area (Å²) in [7, 11) is 0. The van der Waals surface area contributed by atoms with Gasteiger partial charge in [0.25, 0.3) is 0 Å². The van der Waals surface area contributed by atoms with Crippen molar-refractivity contribution in [3.63, 3.8) is 0 Å². The fourth-order valence-electron chi connectivity index (χ4n) is 1.96. The molecule has 1 N–H and O–H groups in total. The molecule has 1 heterocycles. The minimum absolute atomic E-state index is 0.351. The van der Waals surface area contributed by atoms with E-state index in [0.717, 1.165) is 17.9 Å². The SMILES string of the molecule is CCNC(C)c1ccc(OCc2ccncc2Cl)cc1. The Labute approximate surface area is 124 Å². The zero-order chi connectivity index (χ0) is 14.4. The molecule has 0 bridgehead atoms. The topological polar surface area (TPSA) is 34.1 Å². The number of aromatic nitrogens is 1. The monoisotopic (exact) mass is 290 g/mol. The molecule has 2 rings (SSSR count). The highest BCUT2D eigenvalue weighted by Gasteiger charge is 2.04. The van der Waals surface area contributed by atoms with E-state index < -0.39 is 0 Å². The van der Waals surface area contributed by atoms with E-state index >= 15 is 0 Å². The van der Waals surface area contributed by atoms with Gasteiger partial charge in [-0.05, 0) is 37.2 Å². The molecular weight excluding hydrogens is 272 g/mol. The fourth-order valence-corrected chi connectivity index (χ4v) is 2.13. The van der Waals surface area contributed by atoms with Crippen LogP contribution in [0.2, 0.25) is 5.02 Å². The molecule has 0 aliphatic rings. The number of hydrogen-bond donors (Lipinski definition) is 1. The molecule has 4 heteroatoms. The van der Waals surface area contributed by atoms with E-state index in [-0.39, 0.29) is 0 Å². The Kier molecular flexibility index (Phi) is 5.39. The van der Waals surface area contributed by atoms with Crippen molar-refractivity contribution in [1.29, 1.82) is 0 Å². The predicted molar refractivity (Wildman–Crippen MR) is 82.1 cm³/mol. The number of ether oxygens (including phenoxy) is 1. The minimum atomic E-state index is 0.351. The number of benzene rings is 1. The summed E-state index contributed by atoms with van der Waals surface area (Å²) in [4.78, 5) is 3.95. The van der Waals surface area contributed by atoms with Crippen LogP contribution in [0.25, 0.3) is 0 Å². The molecule has 1 aromatic heterocycles. The van der Waals surface area contributed by atoms with Crippen LogP contribution < -0.4 is 10.1 Å². The molecule has 3 nitrogen and oxygen atoms in total. The van der Waals surface area contributed by atoms with E-state index in [1.165, 1.54) is 5.56 Å². The minimum Gasteiger partial charge on any atom is -0.489 e. The molecule has 1 atom stereocenters. The zero-order valence-electron chi connectivity index (χ0n) is 11.8. The van der Waals surface area contributed by atoms with Crippen molar-refractivity contribution in [2.45, 2.75) is 26.5 Å². The van der Waals surface area contributed by atoms with E-state index in [1.807, 2.05) is 18.2 Å². The number of hydrogen-bond acceptors (Lipinski definition) is 3. The van der Waals surface area contributed by atoms with Crippen molar-refractivity contribution in [3.05, 3.63) is 58.9 Å². The first-order valence-electron chi connectivity index (χ1n) is 6.75. The lowest BCUT2D eigenvalue weighted by molar-refractivity contribution is 0.306. The first kappa shape index (κ1) is 14.8. The highest BCUT2D eigenvalue weighted by atomic mass is 35.5. The molecule has 0 aliphatic heterocycles. The highest BCUT2D eigenvalue weighted by Crippen LogP contribution is 2.20. The van der Waals surface area contributed by atoms with Gasteiger partial charge in [-0.25, -0.2) is 0 Å². The van der Waals surface area contributed by atoms with Crippen molar-refractivity contribution in [2.75, 3.05) is 6.54 Å². The van der Waals surface area contributed by atoms with Crippen molar-refractivity contribution < 1.29 is 4.74 Å². The highest BCUT2D eigenvalue weighted by molar-refractivity contribution is 6.31. The Morgan fingerprint density at radius 2 is 2.00 bits per heavy atom. The Morgan fingerprint density at radius 1 is 1.25 bits per heavy atom. The van der Waals surface area contributed by atoms with Crippen LogP contribution in [0.3, 0.4) is 0 Å². The van der Waals surface area contributed by atoms with Crippen LogP contribution in [-0.2, 0) is 6.61 Å². The molecule has 0 saturated heterocycles. The lowest BCUT2D eigenvalue weighted by Crippen LogP contribution is -2.17. The van der Waals surface area contributed by atoms with Crippen LogP contribution in [0.4, 0.5) is 0 Å². The van der Waals surface area contributed by atoms with Gasteiger partial charge in [0.05, 0.1) is 5.02 Å². The summed E-state index contributed by atoms with van der Waals surface area (Å²) in [5.41, 5.74) is 2.19. The second-order valence-electron chi connectivity index (χ2n) is 4.60. The smallest absolute Gasteiger partial charge is 0.119 e. The molecule has 106 valence electrons. The summed E-state index contributed by atoms with van der Waals surface area (Å²) in [6.07, 6.45) is 3.34. The molecule has 20 heavy (non-hydrogen) atoms. The number of halogens is 1. The third-order valence-electron chi connectivity index (χ3n) is 3.14. The second-order valence-corrected chi connectivity index (χ2v) is 5.01. The molecule has 2 aromatic rings. The Bertz CT molecular complexity index is 542. The molecule has 0 aliphatic carbocycles. The molecule has 0 radical (unpaired) electrons. The lowest BCUT2D eigenvalue weighted by Gasteiger charge is -2.13. The van der Waals surface area contributed by atoms with Gasteiger partial charge in [-0.1, -0.05) is 30.7 Å². The first-order valence-corrected chi connectivity index (χ1v) is 7.13. The van der Waals surface area contributed by atoms with E-state index in [9.17, 15) is 0 Å². The third kappa shape index (κ3) is 3.95. The fraction of sp³-hybridized carbons (Fsp3) is 0.312. The summed E-state index contributed by atoms with van der Waals surface area (Å²) in [5, 5.41) is 4.01. The molecule has 0 fully saturated rings. The maximum absolute atomic E-state index is 6.04. The average Bonchev–Trinajstić information content (AvgIpc) is 2.47. The van der Waals surface area contributed by atoms with Gasteiger partial charge in [0.1, 0.15) is 12.4 Å². The summed E-state index contributed by atoms with van der Waals surface area (Å²) in [6, 6.07) is 10.3. The van der Waals surface area contributed by atoms with Crippen molar-refractivity contribution >= 4 is 11.6 Å². The van der Waals surface area contributed by atoms with Crippen molar-refractivity contribution in [3.8, 4) is 5.75 Å². The van der Waals surface area contributed by atoms with Crippen LogP contribution in [-0.4, -0.2) is 11.5 Å². The van der Waals surface area contributed by atoms with Crippen LogP contribution in [0.1, 0.15) is 31.0 Å². The molecule has 0 spiro atoms. The second kappa shape index (κ2) is 7.27. The van der Waals surface area contributed by atoms with E-state index in [1.54, 1.807) is 12.4 Å². The summed E-state index contributed by atoms with van der Waals surface area (Å²) < 4.78 is 5.73. The van der Waals surface area contributed by atoms with E-state index in [2.05, 4.69) is 36.3 Å². The van der Waals surface area contributed by atoms with Crippen molar-refractivity contribution in [1.82, 2.24) is 10.3 Å². The zero-order valence-corrected chi connectivity index (χ0v) is 12.5. The summed E-state index contributed by atoms with van der Waals surface area (Å²) in [6.45, 7) is 5.66. The lowest BCUT2D eigenvalue weighted by atomic mass is 10.1. The van der Waals surface area contributed by atoms with Crippen LogP contribution >= 0.6 is 11.6 Å². The largest absolute Gasteiger partial charge is 0.489 e. The summed E-state index contributed by atoms with van der Waals surface area (Å²) >= 11 is 6.04. The van der Waals surface area contributed by atoms with Crippen LogP contribution in [0.15, 0.2) is 42.7 Å². The third-order valence-corrected chi connectivity index (χ3v) is 3.48. The average molecular weight is 291 g/mol. The number of rotatable bonds is 6. The molecular formula is C16H19ClN2O. The van der Waals surface area contributed by atoms with Gasteiger partial charge in [-0.2, -0.15) is 0 Å². The summed E-state index contributed by atoms with van der Waals surface area (Å²) in [5.74, 6) is 0.838. The quantitative estimate of drug-likeness (QED) is 0.873. The molecule has 0 amide bonds. The Morgan fingerprint density at radius 3 is 2.65 bits per heavy atom. The van der Waals surface area contributed by atoms with E-state index in [4.69, 9.17) is 16.3 Å². The maximum Gasteiger partial charge on any atom is 0.119 e. The molecule has 1 aromatic carbocycles. The maximum atomic E-state index is 6.04. The Balaban J connectivity index is 1.96. The van der Waals surface area contributed by atoms with Gasteiger partial charge in [0, 0.05) is 24.0 Å². The van der Waals surface area contributed by atoms with Crippen molar-refractivity contribution in [2.24, 2.45) is 0 Å². The predicted octanol–water partition coefficient (Wildman–Crippen LogP) is 3.98. The normalized spacial score (nSPS) is 12.2. The number of nitrogens with one attached hydrogen (secondary N) is 1. The van der Waals surface area contributed by atoms with Gasteiger partial charge < -0.3 is 10.1 Å². The molecule has 0 saturated carbocycles. The van der Waals surface area contributed by atoms with Gasteiger partial charge in [0.15, 0.2) is 0 Å². The van der Waals surface area contributed by atoms with Gasteiger partial charge >= 0.3 is 0 Å². The standard InChI is InChI=1S/C16H19ClN2O/c1-3-19-12(2)13-4-6-15(7-5-13)20-11-14-8-9-18-10-16(14)17/h4-10,12,19H,3,11H2,1-2H3. The first-order chi connectivity index (χ1) is 9.70.